The molecule has 2 aromatic carbocycles. The van der Waals surface area contributed by atoms with Gasteiger partial charge in [-0.05, 0) is 43.5 Å². The predicted octanol–water partition coefficient (Wildman–Crippen LogP) is 3.32. The zero-order chi connectivity index (χ0) is 24.7. The molecule has 0 aromatic heterocycles. The van der Waals surface area contributed by atoms with Crippen LogP contribution in [0.3, 0.4) is 0 Å². The van der Waals surface area contributed by atoms with Crippen LogP contribution in [0.4, 0.5) is 5.69 Å². The molecule has 0 spiro atoms. The molecule has 35 heavy (non-hydrogen) atoms. The summed E-state index contributed by atoms with van der Waals surface area (Å²) in [6, 6.07) is 12.3. The summed E-state index contributed by atoms with van der Waals surface area (Å²) < 4.78 is 16.8. The number of ether oxygens (including phenoxy) is 3. The number of benzene rings is 2. The Hall–Kier alpha value is -3.39. The third-order valence-corrected chi connectivity index (χ3v) is 7.25. The highest BCUT2D eigenvalue weighted by atomic mass is 16.6. The molecular formula is C27H30N2O6. The van der Waals surface area contributed by atoms with E-state index < -0.39 is 35.3 Å². The number of amides is 2. The Bertz CT molecular complexity index is 1180. The number of nitrogens with zero attached hydrogens (tertiary/aromatic N) is 1. The normalized spacial score (nSPS) is 27.2. The standard InChI is InChI=1S/C27H30N2O6/c1-4-12-27(26(32)33-5-2)22-21(23(28-27)18-9-7-6-8-16(18)3)24(30)29(25(22)31)17-10-11-19-20(15-17)35-14-13-34-19/h6-11,15,21-23,28H,4-5,12-14H2,1-3H3/t21-,22-,23-,27-/m0/s1. The number of anilines is 1. The number of hydrogen-bond acceptors (Lipinski definition) is 7. The van der Waals surface area contributed by atoms with E-state index in [1.165, 1.54) is 4.90 Å². The largest absolute Gasteiger partial charge is 0.486 e. The number of aryl methyl sites for hydroxylation is 1. The summed E-state index contributed by atoms with van der Waals surface area (Å²) in [7, 11) is 0. The van der Waals surface area contributed by atoms with Crippen molar-refractivity contribution in [3.05, 3.63) is 53.6 Å². The number of nitrogens with one attached hydrogen (secondary N) is 1. The molecule has 8 heteroatoms. The highest BCUT2D eigenvalue weighted by Gasteiger charge is 2.68. The minimum atomic E-state index is -1.29. The molecule has 0 radical (unpaired) electrons. The van der Waals surface area contributed by atoms with Crippen LogP contribution in [0.25, 0.3) is 0 Å². The molecule has 3 aliphatic heterocycles. The molecular weight excluding hydrogens is 448 g/mol. The van der Waals surface area contributed by atoms with Crippen molar-refractivity contribution in [3.8, 4) is 11.5 Å². The summed E-state index contributed by atoms with van der Waals surface area (Å²) >= 11 is 0. The molecule has 8 nitrogen and oxygen atoms in total. The van der Waals surface area contributed by atoms with Crippen LogP contribution in [0, 0.1) is 18.8 Å². The van der Waals surface area contributed by atoms with E-state index in [9.17, 15) is 14.4 Å². The van der Waals surface area contributed by atoms with Gasteiger partial charge in [0.1, 0.15) is 18.8 Å². The van der Waals surface area contributed by atoms with Gasteiger partial charge in [-0.2, -0.15) is 0 Å². The Kier molecular flexibility index (Phi) is 6.01. The first-order valence-electron chi connectivity index (χ1n) is 12.2. The highest BCUT2D eigenvalue weighted by Crippen LogP contribution is 2.52. The van der Waals surface area contributed by atoms with E-state index in [0.29, 0.717) is 43.2 Å². The molecule has 2 amide bonds. The molecule has 2 saturated heterocycles. The predicted molar refractivity (Wildman–Crippen MR) is 128 cm³/mol. The van der Waals surface area contributed by atoms with Crippen molar-refractivity contribution in [2.24, 2.45) is 11.8 Å². The van der Waals surface area contributed by atoms with E-state index in [4.69, 9.17) is 14.2 Å². The highest BCUT2D eigenvalue weighted by molar-refractivity contribution is 6.24. The lowest BCUT2D eigenvalue weighted by molar-refractivity contribution is -0.155. The van der Waals surface area contributed by atoms with Crippen molar-refractivity contribution in [3.63, 3.8) is 0 Å². The number of rotatable bonds is 6. The zero-order valence-corrected chi connectivity index (χ0v) is 20.2. The van der Waals surface area contributed by atoms with Crippen LogP contribution < -0.4 is 19.7 Å². The smallest absolute Gasteiger partial charge is 0.327 e. The van der Waals surface area contributed by atoms with Gasteiger partial charge in [-0.15, -0.1) is 0 Å². The van der Waals surface area contributed by atoms with E-state index in [0.717, 1.165) is 11.1 Å². The van der Waals surface area contributed by atoms with Gasteiger partial charge in [-0.3, -0.25) is 19.7 Å². The van der Waals surface area contributed by atoms with Crippen LogP contribution in [0.5, 0.6) is 11.5 Å². The Balaban J connectivity index is 1.63. The van der Waals surface area contributed by atoms with Gasteiger partial charge in [0.15, 0.2) is 11.5 Å². The van der Waals surface area contributed by atoms with Crippen LogP contribution in [0.2, 0.25) is 0 Å². The molecule has 4 atom stereocenters. The molecule has 2 aromatic rings. The SMILES string of the molecule is CCC[C@]1(C(=O)OCC)N[C@@H](c2ccccc2C)[C@H]2C(=O)N(c3ccc4c(c3)OCCO4)C(=O)[C@H]21. The van der Waals surface area contributed by atoms with E-state index >= 15 is 0 Å². The molecule has 0 unspecified atom stereocenters. The monoisotopic (exact) mass is 478 g/mol. The molecule has 184 valence electrons. The lowest BCUT2D eigenvalue weighted by Gasteiger charge is -2.33. The minimum absolute atomic E-state index is 0.187. The first-order valence-corrected chi connectivity index (χ1v) is 12.2. The zero-order valence-electron chi connectivity index (χ0n) is 20.2. The second kappa shape index (κ2) is 9.00. The molecule has 0 bridgehead atoms. The molecule has 2 fully saturated rings. The van der Waals surface area contributed by atoms with Gasteiger partial charge in [-0.1, -0.05) is 37.6 Å². The van der Waals surface area contributed by atoms with Gasteiger partial charge in [0.2, 0.25) is 11.8 Å². The number of imide groups is 1. The lowest BCUT2D eigenvalue weighted by atomic mass is 9.76. The summed E-state index contributed by atoms with van der Waals surface area (Å²) in [6.07, 6.45) is 1.02. The van der Waals surface area contributed by atoms with E-state index in [-0.39, 0.29) is 12.5 Å². The molecule has 1 N–H and O–H groups in total. The van der Waals surface area contributed by atoms with Crippen molar-refractivity contribution in [1.82, 2.24) is 5.32 Å². The van der Waals surface area contributed by atoms with Crippen LogP contribution in [-0.4, -0.2) is 43.1 Å². The fourth-order valence-electron chi connectivity index (χ4n) is 5.80. The Morgan fingerprint density at radius 1 is 1.09 bits per heavy atom. The second-order valence-electron chi connectivity index (χ2n) is 9.26. The van der Waals surface area contributed by atoms with Gasteiger partial charge in [0, 0.05) is 12.1 Å². The summed E-state index contributed by atoms with van der Waals surface area (Å²) in [4.78, 5) is 42.6. The molecule has 5 rings (SSSR count). The van der Waals surface area contributed by atoms with Crippen molar-refractivity contribution >= 4 is 23.5 Å². The summed E-state index contributed by atoms with van der Waals surface area (Å²) in [5, 5.41) is 3.44. The summed E-state index contributed by atoms with van der Waals surface area (Å²) in [5.41, 5.74) is 1.00. The van der Waals surface area contributed by atoms with Crippen molar-refractivity contribution in [2.45, 2.75) is 45.2 Å². The van der Waals surface area contributed by atoms with E-state index in [2.05, 4.69) is 5.32 Å². The molecule has 0 aliphatic carbocycles. The van der Waals surface area contributed by atoms with Crippen molar-refractivity contribution in [2.75, 3.05) is 24.7 Å². The summed E-state index contributed by atoms with van der Waals surface area (Å²) in [5.74, 6) is -1.78. The lowest BCUT2D eigenvalue weighted by Crippen LogP contribution is -2.56. The number of esters is 1. The fourth-order valence-corrected chi connectivity index (χ4v) is 5.80. The minimum Gasteiger partial charge on any atom is -0.486 e. The molecule has 3 aliphatic rings. The van der Waals surface area contributed by atoms with Crippen molar-refractivity contribution < 1.29 is 28.6 Å². The van der Waals surface area contributed by atoms with Crippen LogP contribution in [0.15, 0.2) is 42.5 Å². The summed E-state index contributed by atoms with van der Waals surface area (Å²) in [6.45, 7) is 6.69. The van der Waals surface area contributed by atoms with Crippen LogP contribution in [-0.2, 0) is 19.1 Å². The maximum atomic E-state index is 14.0. The Labute approximate surface area is 204 Å². The first kappa shape index (κ1) is 23.4. The van der Waals surface area contributed by atoms with Crippen LogP contribution >= 0.6 is 0 Å². The number of carbonyl (C=O) groups is 3. The topological polar surface area (TPSA) is 94.2 Å². The number of fused-ring (bicyclic) bond motifs is 2. The van der Waals surface area contributed by atoms with Gasteiger partial charge < -0.3 is 14.2 Å². The second-order valence-corrected chi connectivity index (χ2v) is 9.26. The molecule has 3 heterocycles. The van der Waals surface area contributed by atoms with Gasteiger partial charge >= 0.3 is 5.97 Å². The fraction of sp³-hybridized carbons (Fsp3) is 0.444. The quantitative estimate of drug-likeness (QED) is 0.503. The third-order valence-electron chi connectivity index (χ3n) is 7.25. The maximum absolute atomic E-state index is 14.0. The number of hydrogen-bond donors (Lipinski definition) is 1. The van der Waals surface area contributed by atoms with E-state index in [1.807, 2.05) is 38.1 Å². The van der Waals surface area contributed by atoms with Crippen LogP contribution in [0.1, 0.15) is 43.9 Å². The van der Waals surface area contributed by atoms with E-state index in [1.54, 1.807) is 25.1 Å². The maximum Gasteiger partial charge on any atom is 0.327 e. The Morgan fingerprint density at radius 3 is 2.54 bits per heavy atom. The van der Waals surface area contributed by atoms with Crippen molar-refractivity contribution in [1.29, 1.82) is 0 Å². The average molecular weight is 479 g/mol. The number of carbonyl (C=O) groups excluding carboxylic acids is 3. The van der Waals surface area contributed by atoms with Gasteiger partial charge in [0.25, 0.3) is 0 Å². The first-order chi connectivity index (χ1) is 16.9. The third kappa shape index (κ3) is 3.58. The average Bonchev–Trinajstić information content (AvgIpc) is 3.33. The Morgan fingerprint density at radius 2 is 1.83 bits per heavy atom. The molecule has 0 saturated carbocycles. The van der Waals surface area contributed by atoms with Gasteiger partial charge in [-0.25, -0.2) is 4.90 Å². The van der Waals surface area contributed by atoms with Gasteiger partial charge in [0.05, 0.1) is 24.1 Å².